The van der Waals surface area contributed by atoms with Gasteiger partial charge in [-0.15, -0.1) is 0 Å². The van der Waals surface area contributed by atoms with Crippen molar-refractivity contribution < 1.29 is 23.8 Å². The molecule has 0 spiro atoms. The molecule has 0 bridgehead atoms. The van der Waals surface area contributed by atoms with Gasteiger partial charge in [-0.1, -0.05) is 60.1 Å². The molecule has 37 heavy (non-hydrogen) atoms. The number of nitrogens with zero attached hydrogens (tertiary/aromatic N) is 2. The molecule has 1 aliphatic carbocycles. The molecular formula is C28H27ClFN3O4. The molecule has 192 valence electrons. The fourth-order valence-corrected chi connectivity index (χ4v) is 5.65. The average molecular weight is 524 g/mol. The maximum atomic E-state index is 13.9. The molecule has 2 N–H and O–H groups in total. The molecule has 1 saturated heterocycles. The Balaban J connectivity index is 1.11. The van der Waals surface area contributed by atoms with E-state index in [1.54, 1.807) is 0 Å². The van der Waals surface area contributed by atoms with Gasteiger partial charge in [0.05, 0.1) is 0 Å². The number of aliphatic carboxylic acids is 1. The molecule has 7 nitrogen and oxygen atoms in total. The van der Waals surface area contributed by atoms with Gasteiger partial charge in [-0.2, -0.15) is 0 Å². The van der Waals surface area contributed by atoms with Crippen molar-refractivity contribution in [3.05, 3.63) is 88.5 Å². The summed E-state index contributed by atoms with van der Waals surface area (Å²) in [6.45, 7) is 1.61. The van der Waals surface area contributed by atoms with Crippen LogP contribution in [-0.2, 0) is 9.53 Å². The van der Waals surface area contributed by atoms with Crippen LogP contribution >= 0.6 is 11.6 Å². The maximum Gasteiger partial charge on any atom is 0.407 e. The number of hydrogen-bond donors (Lipinski definition) is 2. The van der Waals surface area contributed by atoms with E-state index in [1.807, 2.05) is 29.2 Å². The van der Waals surface area contributed by atoms with E-state index in [-0.39, 0.29) is 23.6 Å². The van der Waals surface area contributed by atoms with Crippen molar-refractivity contribution in [1.29, 1.82) is 0 Å². The molecule has 1 fully saturated rings. The molecule has 9 heteroatoms. The minimum absolute atomic E-state index is 0.0109. The van der Waals surface area contributed by atoms with Gasteiger partial charge in [0, 0.05) is 31.1 Å². The van der Waals surface area contributed by atoms with Crippen LogP contribution < -0.4 is 5.32 Å². The third kappa shape index (κ3) is 5.17. The van der Waals surface area contributed by atoms with Crippen LogP contribution in [0.1, 0.15) is 41.4 Å². The Morgan fingerprint density at radius 1 is 1.14 bits per heavy atom. The van der Waals surface area contributed by atoms with E-state index in [0.29, 0.717) is 38.0 Å². The van der Waals surface area contributed by atoms with Gasteiger partial charge in [0.2, 0.25) is 0 Å². The molecule has 1 aliphatic heterocycles. The molecule has 1 aromatic heterocycles. The van der Waals surface area contributed by atoms with Gasteiger partial charge in [-0.3, -0.25) is 9.69 Å². The lowest BCUT2D eigenvalue weighted by Gasteiger charge is -2.24. The Hall–Kier alpha value is -3.49. The minimum atomic E-state index is -0.970. The van der Waals surface area contributed by atoms with Crippen LogP contribution in [0.2, 0.25) is 5.15 Å². The number of ether oxygens (including phenoxy) is 1. The van der Waals surface area contributed by atoms with Crippen LogP contribution in [-0.4, -0.2) is 59.3 Å². The number of hydrogen-bond acceptors (Lipinski definition) is 5. The van der Waals surface area contributed by atoms with E-state index in [0.717, 1.165) is 11.1 Å². The van der Waals surface area contributed by atoms with Gasteiger partial charge in [0.25, 0.3) is 0 Å². The van der Waals surface area contributed by atoms with Gasteiger partial charge in [0.15, 0.2) is 11.0 Å². The second-order valence-electron chi connectivity index (χ2n) is 9.36. The summed E-state index contributed by atoms with van der Waals surface area (Å²) in [5.41, 5.74) is 5.15. The van der Waals surface area contributed by atoms with E-state index < -0.39 is 23.9 Å². The maximum absolute atomic E-state index is 13.9. The number of amides is 1. The van der Waals surface area contributed by atoms with E-state index in [1.165, 1.54) is 23.4 Å². The first-order valence-corrected chi connectivity index (χ1v) is 12.7. The Morgan fingerprint density at radius 2 is 1.81 bits per heavy atom. The Bertz CT molecular complexity index is 1270. The number of pyridine rings is 1. The fraction of sp³-hybridized carbons (Fsp3) is 0.321. The Kier molecular flexibility index (Phi) is 7.39. The van der Waals surface area contributed by atoms with E-state index in [9.17, 15) is 19.1 Å². The number of fused-ring (bicyclic) bond motifs is 3. The van der Waals surface area contributed by atoms with Crippen LogP contribution in [0.4, 0.5) is 9.18 Å². The number of carbonyl (C=O) groups excluding carboxylic acids is 1. The zero-order chi connectivity index (χ0) is 25.9. The summed E-state index contributed by atoms with van der Waals surface area (Å²) in [5, 5.41) is 12.4. The molecular weight excluding hydrogens is 497 g/mol. The van der Waals surface area contributed by atoms with Crippen molar-refractivity contribution >= 4 is 23.7 Å². The number of rotatable bonds is 8. The predicted octanol–water partition coefficient (Wildman–Crippen LogP) is 5.05. The largest absolute Gasteiger partial charge is 0.480 e. The number of aromatic nitrogens is 1. The summed E-state index contributed by atoms with van der Waals surface area (Å²) in [6.07, 6.45) is 2.06. The normalized spacial score (nSPS) is 18.9. The molecule has 5 rings (SSSR count). The third-order valence-corrected chi connectivity index (χ3v) is 7.51. The zero-order valence-electron chi connectivity index (χ0n) is 20.1. The van der Waals surface area contributed by atoms with Gasteiger partial charge in [0.1, 0.15) is 12.6 Å². The highest BCUT2D eigenvalue weighted by Crippen LogP contribution is 2.44. The average Bonchev–Trinajstić information content (AvgIpc) is 3.46. The highest BCUT2D eigenvalue weighted by Gasteiger charge is 2.40. The Morgan fingerprint density at radius 3 is 2.46 bits per heavy atom. The number of likely N-dealkylation sites (tertiary alicyclic amines) is 1. The van der Waals surface area contributed by atoms with Crippen LogP contribution in [0.5, 0.6) is 0 Å². The molecule has 2 atom stereocenters. The standard InChI is InChI=1S/C28H27ClFN3O4/c29-26-24(30)14-17(15-32-26)18-10-13-33(25(18)27(34)35)12-5-11-31-28(36)37-16-23-21-8-3-1-6-19(21)20-7-2-4-9-22(20)23/h1-4,6-9,14-15,18,23,25H,5,10-13,16H2,(H,31,36)(H,34,35)/t18-,25-/m1/s1. The molecule has 2 aromatic carbocycles. The van der Waals surface area contributed by atoms with Crippen molar-refractivity contribution in [2.24, 2.45) is 0 Å². The molecule has 0 saturated carbocycles. The first kappa shape index (κ1) is 25.2. The number of carboxylic acid groups (broad SMARTS) is 1. The number of carbonyl (C=O) groups is 2. The highest BCUT2D eigenvalue weighted by molar-refractivity contribution is 6.29. The van der Waals surface area contributed by atoms with E-state index >= 15 is 0 Å². The lowest BCUT2D eigenvalue weighted by molar-refractivity contribution is -0.142. The molecule has 0 unspecified atom stereocenters. The summed E-state index contributed by atoms with van der Waals surface area (Å²) < 4.78 is 19.4. The third-order valence-electron chi connectivity index (χ3n) is 7.24. The fourth-order valence-electron chi connectivity index (χ4n) is 5.55. The lowest BCUT2D eigenvalue weighted by Crippen LogP contribution is -2.40. The molecule has 1 amide bonds. The van der Waals surface area contributed by atoms with Crippen molar-refractivity contribution in [3.8, 4) is 11.1 Å². The lowest BCUT2D eigenvalue weighted by atomic mass is 9.93. The molecule has 0 radical (unpaired) electrons. The van der Waals surface area contributed by atoms with Crippen LogP contribution in [0.25, 0.3) is 11.1 Å². The Labute approximate surface area is 219 Å². The van der Waals surface area contributed by atoms with Crippen molar-refractivity contribution in [2.45, 2.75) is 30.7 Å². The van der Waals surface area contributed by atoms with Crippen LogP contribution in [0.15, 0.2) is 60.8 Å². The summed E-state index contributed by atoms with van der Waals surface area (Å²) >= 11 is 5.67. The number of halogens is 2. The SMILES string of the molecule is O=C(NCCCN1CC[C@H](c2cnc(Cl)c(F)c2)[C@@H]1C(=O)O)OCC1c2ccccc2-c2ccccc21. The molecule has 3 aromatic rings. The minimum Gasteiger partial charge on any atom is -0.480 e. The monoisotopic (exact) mass is 523 g/mol. The topological polar surface area (TPSA) is 91.8 Å². The number of benzene rings is 2. The smallest absolute Gasteiger partial charge is 0.407 e. The first-order chi connectivity index (χ1) is 17.9. The van der Waals surface area contributed by atoms with Crippen molar-refractivity contribution in [3.63, 3.8) is 0 Å². The molecule has 2 heterocycles. The van der Waals surface area contributed by atoms with Gasteiger partial charge in [-0.25, -0.2) is 14.2 Å². The second-order valence-corrected chi connectivity index (χ2v) is 9.72. The zero-order valence-corrected chi connectivity index (χ0v) is 20.8. The number of nitrogens with one attached hydrogen (secondary N) is 1. The second kappa shape index (κ2) is 10.9. The van der Waals surface area contributed by atoms with Gasteiger partial charge >= 0.3 is 12.1 Å². The van der Waals surface area contributed by atoms with Crippen LogP contribution in [0, 0.1) is 5.82 Å². The first-order valence-electron chi connectivity index (χ1n) is 12.3. The number of carboxylic acids is 1. The quantitative estimate of drug-likeness (QED) is 0.317. The molecule has 2 aliphatic rings. The number of alkyl carbamates (subject to hydrolysis) is 1. The highest BCUT2D eigenvalue weighted by atomic mass is 35.5. The summed E-state index contributed by atoms with van der Waals surface area (Å²) in [6, 6.07) is 16.8. The van der Waals surface area contributed by atoms with E-state index in [2.05, 4.69) is 34.6 Å². The van der Waals surface area contributed by atoms with Gasteiger partial charge < -0.3 is 15.2 Å². The van der Waals surface area contributed by atoms with E-state index in [4.69, 9.17) is 16.3 Å². The summed E-state index contributed by atoms with van der Waals surface area (Å²) in [4.78, 5) is 30.1. The summed E-state index contributed by atoms with van der Waals surface area (Å²) in [7, 11) is 0. The van der Waals surface area contributed by atoms with Gasteiger partial charge in [-0.05, 0) is 53.3 Å². The van der Waals surface area contributed by atoms with Crippen LogP contribution in [0.3, 0.4) is 0 Å². The predicted molar refractivity (Wildman–Crippen MR) is 137 cm³/mol. The summed E-state index contributed by atoms with van der Waals surface area (Å²) in [5.74, 6) is -2.02. The van der Waals surface area contributed by atoms with Crippen molar-refractivity contribution in [1.82, 2.24) is 15.2 Å². The van der Waals surface area contributed by atoms with Crippen molar-refractivity contribution in [2.75, 3.05) is 26.2 Å².